The number of nitrogens with zero attached hydrogens (tertiary/aromatic N) is 1. The zero-order chi connectivity index (χ0) is 14.1. The summed E-state index contributed by atoms with van der Waals surface area (Å²) in [5, 5.41) is 3.71. The number of pyridine rings is 1. The highest BCUT2D eigenvalue weighted by Crippen LogP contribution is 2.24. The number of hydrogen-bond acceptors (Lipinski definition) is 2. The third-order valence-corrected chi connectivity index (χ3v) is 3.61. The van der Waals surface area contributed by atoms with Gasteiger partial charge < -0.3 is 5.32 Å². The summed E-state index contributed by atoms with van der Waals surface area (Å²) < 4.78 is 0. The molecule has 1 unspecified atom stereocenters. The third kappa shape index (κ3) is 5.73. The maximum Gasteiger partial charge on any atom is 0.0324 e. The SMILES string of the molecule is CCCNC(CCCC(C)C)c1ccncc1CC. The molecule has 0 aromatic carbocycles. The van der Waals surface area contributed by atoms with E-state index in [1.54, 1.807) is 0 Å². The third-order valence-electron chi connectivity index (χ3n) is 3.61. The van der Waals surface area contributed by atoms with Gasteiger partial charge in [-0.3, -0.25) is 4.98 Å². The van der Waals surface area contributed by atoms with Crippen LogP contribution in [0.2, 0.25) is 0 Å². The van der Waals surface area contributed by atoms with E-state index in [2.05, 4.69) is 44.1 Å². The first-order chi connectivity index (χ1) is 9.19. The van der Waals surface area contributed by atoms with Gasteiger partial charge in [0.25, 0.3) is 0 Å². The number of rotatable bonds is 9. The fourth-order valence-corrected chi connectivity index (χ4v) is 2.49. The van der Waals surface area contributed by atoms with Crippen LogP contribution in [0.5, 0.6) is 0 Å². The zero-order valence-electron chi connectivity index (χ0n) is 13.1. The standard InChI is InChI=1S/C17H30N2/c1-5-11-19-17(9-7-8-14(3)4)16-10-12-18-13-15(16)6-2/h10,12-14,17,19H,5-9,11H2,1-4H3. The van der Waals surface area contributed by atoms with Crippen molar-refractivity contribution in [2.45, 2.75) is 65.8 Å². The molecular weight excluding hydrogens is 232 g/mol. The average Bonchev–Trinajstić information content (AvgIpc) is 2.42. The first-order valence-electron chi connectivity index (χ1n) is 7.85. The molecule has 1 aromatic heterocycles. The van der Waals surface area contributed by atoms with Crippen molar-refractivity contribution in [2.24, 2.45) is 5.92 Å². The van der Waals surface area contributed by atoms with E-state index in [0.29, 0.717) is 6.04 Å². The van der Waals surface area contributed by atoms with Crippen molar-refractivity contribution in [2.75, 3.05) is 6.54 Å². The molecule has 0 aliphatic carbocycles. The predicted octanol–water partition coefficient (Wildman–Crippen LogP) is 4.51. The highest BCUT2D eigenvalue weighted by atomic mass is 14.9. The Morgan fingerprint density at radius 2 is 2.00 bits per heavy atom. The molecule has 0 saturated heterocycles. The van der Waals surface area contributed by atoms with Gasteiger partial charge in [0.2, 0.25) is 0 Å². The minimum atomic E-state index is 0.497. The molecule has 1 N–H and O–H groups in total. The van der Waals surface area contributed by atoms with Crippen LogP contribution >= 0.6 is 0 Å². The maximum atomic E-state index is 4.26. The van der Waals surface area contributed by atoms with Gasteiger partial charge in [-0.05, 0) is 48.9 Å². The van der Waals surface area contributed by atoms with Gasteiger partial charge in [-0.2, -0.15) is 0 Å². The van der Waals surface area contributed by atoms with E-state index in [-0.39, 0.29) is 0 Å². The Kier molecular flexibility index (Phi) is 7.73. The Labute approximate surface area is 119 Å². The Hall–Kier alpha value is -0.890. The van der Waals surface area contributed by atoms with E-state index in [1.165, 1.54) is 36.8 Å². The van der Waals surface area contributed by atoms with Crippen LogP contribution < -0.4 is 5.32 Å². The van der Waals surface area contributed by atoms with Crippen LogP contribution in [0.15, 0.2) is 18.5 Å². The summed E-state index contributed by atoms with van der Waals surface area (Å²) in [6.45, 7) is 10.1. The van der Waals surface area contributed by atoms with Crippen molar-refractivity contribution in [1.82, 2.24) is 10.3 Å². The number of aromatic nitrogens is 1. The highest BCUT2D eigenvalue weighted by Gasteiger charge is 2.13. The summed E-state index contributed by atoms with van der Waals surface area (Å²) in [6, 6.07) is 2.69. The second kappa shape index (κ2) is 9.08. The molecule has 2 nitrogen and oxygen atoms in total. The lowest BCUT2D eigenvalue weighted by Crippen LogP contribution is -2.23. The molecule has 1 rings (SSSR count). The topological polar surface area (TPSA) is 24.9 Å². The van der Waals surface area contributed by atoms with Gasteiger partial charge in [0, 0.05) is 18.4 Å². The van der Waals surface area contributed by atoms with Crippen molar-refractivity contribution in [3.63, 3.8) is 0 Å². The second-order valence-electron chi connectivity index (χ2n) is 5.76. The van der Waals surface area contributed by atoms with Gasteiger partial charge in [-0.15, -0.1) is 0 Å². The van der Waals surface area contributed by atoms with Gasteiger partial charge in [-0.1, -0.05) is 40.5 Å². The molecular formula is C17H30N2. The molecule has 0 radical (unpaired) electrons. The van der Waals surface area contributed by atoms with E-state index >= 15 is 0 Å². The number of aryl methyl sites for hydroxylation is 1. The first kappa shape index (κ1) is 16.2. The molecule has 0 fully saturated rings. The normalized spacial score (nSPS) is 12.9. The van der Waals surface area contributed by atoms with E-state index in [1.807, 2.05) is 12.4 Å². The van der Waals surface area contributed by atoms with Crippen LogP contribution in [0.25, 0.3) is 0 Å². The number of hydrogen-bond donors (Lipinski definition) is 1. The van der Waals surface area contributed by atoms with E-state index in [0.717, 1.165) is 18.9 Å². The molecule has 0 spiro atoms. The molecule has 0 amide bonds. The Morgan fingerprint density at radius 3 is 2.63 bits per heavy atom. The molecule has 2 heteroatoms. The Morgan fingerprint density at radius 1 is 1.21 bits per heavy atom. The monoisotopic (exact) mass is 262 g/mol. The summed E-state index contributed by atoms with van der Waals surface area (Å²) in [4.78, 5) is 4.26. The molecule has 1 atom stereocenters. The minimum absolute atomic E-state index is 0.497. The summed E-state index contributed by atoms with van der Waals surface area (Å²) in [7, 11) is 0. The van der Waals surface area contributed by atoms with E-state index < -0.39 is 0 Å². The highest BCUT2D eigenvalue weighted by molar-refractivity contribution is 5.26. The molecule has 1 aromatic rings. The lowest BCUT2D eigenvalue weighted by atomic mass is 9.95. The van der Waals surface area contributed by atoms with Crippen molar-refractivity contribution in [3.05, 3.63) is 29.6 Å². The molecule has 0 bridgehead atoms. The van der Waals surface area contributed by atoms with Gasteiger partial charge in [0.05, 0.1) is 0 Å². The van der Waals surface area contributed by atoms with Gasteiger partial charge in [-0.25, -0.2) is 0 Å². The fourth-order valence-electron chi connectivity index (χ4n) is 2.49. The van der Waals surface area contributed by atoms with Crippen LogP contribution in [0.3, 0.4) is 0 Å². The van der Waals surface area contributed by atoms with Gasteiger partial charge >= 0.3 is 0 Å². The average molecular weight is 262 g/mol. The number of nitrogens with one attached hydrogen (secondary N) is 1. The molecule has 0 saturated carbocycles. The molecule has 1 heterocycles. The summed E-state index contributed by atoms with van der Waals surface area (Å²) >= 11 is 0. The smallest absolute Gasteiger partial charge is 0.0324 e. The molecule has 0 aliphatic heterocycles. The van der Waals surface area contributed by atoms with E-state index in [9.17, 15) is 0 Å². The van der Waals surface area contributed by atoms with Crippen molar-refractivity contribution < 1.29 is 0 Å². The predicted molar refractivity (Wildman–Crippen MR) is 83.3 cm³/mol. The van der Waals surface area contributed by atoms with Gasteiger partial charge in [0.1, 0.15) is 0 Å². The van der Waals surface area contributed by atoms with Crippen molar-refractivity contribution in [3.8, 4) is 0 Å². The summed E-state index contributed by atoms with van der Waals surface area (Å²) in [6.07, 6.45) is 10.1. The zero-order valence-corrected chi connectivity index (χ0v) is 13.1. The van der Waals surface area contributed by atoms with Crippen LogP contribution in [-0.4, -0.2) is 11.5 Å². The lowest BCUT2D eigenvalue weighted by molar-refractivity contribution is 0.445. The largest absolute Gasteiger partial charge is 0.310 e. The fraction of sp³-hybridized carbons (Fsp3) is 0.706. The summed E-state index contributed by atoms with van der Waals surface area (Å²) in [5.74, 6) is 0.801. The van der Waals surface area contributed by atoms with Gasteiger partial charge in [0.15, 0.2) is 0 Å². The second-order valence-corrected chi connectivity index (χ2v) is 5.76. The summed E-state index contributed by atoms with van der Waals surface area (Å²) in [5.41, 5.74) is 2.84. The Balaban J connectivity index is 2.71. The minimum Gasteiger partial charge on any atom is -0.310 e. The molecule has 0 aliphatic rings. The quantitative estimate of drug-likeness (QED) is 0.708. The molecule has 108 valence electrons. The maximum absolute atomic E-state index is 4.26. The van der Waals surface area contributed by atoms with Crippen LogP contribution in [0, 0.1) is 5.92 Å². The molecule has 19 heavy (non-hydrogen) atoms. The van der Waals surface area contributed by atoms with Crippen molar-refractivity contribution >= 4 is 0 Å². The van der Waals surface area contributed by atoms with Crippen LogP contribution in [0.4, 0.5) is 0 Å². The lowest BCUT2D eigenvalue weighted by Gasteiger charge is -2.21. The van der Waals surface area contributed by atoms with Crippen molar-refractivity contribution in [1.29, 1.82) is 0 Å². The Bertz CT molecular complexity index is 347. The van der Waals surface area contributed by atoms with Crippen LogP contribution in [-0.2, 0) is 6.42 Å². The first-order valence-corrected chi connectivity index (χ1v) is 7.85. The van der Waals surface area contributed by atoms with Crippen LogP contribution in [0.1, 0.15) is 70.5 Å². The van der Waals surface area contributed by atoms with E-state index in [4.69, 9.17) is 0 Å².